The van der Waals surface area contributed by atoms with Crippen molar-refractivity contribution >= 4 is 0 Å². The minimum absolute atomic E-state index is 0.123. The van der Waals surface area contributed by atoms with Crippen LogP contribution in [0.5, 0.6) is 0 Å². The van der Waals surface area contributed by atoms with Crippen LogP contribution in [0.1, 0.15) is 51.2 Å². The number of unbranched alkanes of at least 4 members (excludes halogenated alkanes) is 1. The van der Waals surface area contributed by atoms with E-state index in [4.69, 9.17) is 5.73 Å². The van der Waals surface area contributed by atoms with Crippen LogP contribution in [0.3, 0.4) is 0 Å². The van der Waals surface area contributed by atoms with Crippen molar-refractivity contribution in [2.75, 3.05) is 6.54 Å². The number of rotatable bonds is 8. The maximum atomic E-state index is 13.9. The summed E-state index contributed by atoms with van der Waals surface area (Å²) in [5, 5.41) is 0. The van der Waals surface area contributed by atoms with Crippen molar-refractivity contribution in [3.05, 3.63) is 35.1 Å². The molecule has 0 spiro atoms. The Kier molecular flexibility index (Phi) is 7.03. The first-order chi connectivity index (χ1) is 9.12. The van der Waals surface area contributed by atoms with Crippen molar-refractivity contribution < 1.29 is 4.39 Å². The van der Waals surface area contributed by atoms with Crippen molar-refractivity contribution in [2.45, 2.75) is 59.2 Å². The Morgan fingerprint density at radius 2 is 2.05 bits per heavy atom. The predicted molar refractivity (Wildman–Crippen MR) is 79.4 cm³/mol. The molecule has 19 heavy (non-hydrogen) atoms. The number of benzene rings is 1. The average Bonchev–Trinajstić information content (AvgIpc) is 2.44. The number of hydrogen-bond acceptors (Lipinski definition) is 2. The van der Waals surface area contributed by atoms with Crippen LogP contribution < -0.4 is 5.73 Å². The van der Waals surface area contributed by atoms with E-state index in [1.807, 2.05) is 6.07 Å². The Morgan fingerprint density at radius 1 is 1.32 bits per heavy atom. The summed E-state index contributed by atoms with van der Waals surface area (Å²) in [5.74, 6) is -0.123. The Labute approximate surface area is 116 Å². The Morgan fingerprint density at radius 3 is 2.63 bits per heavy atom. The molecule has 0 amide bonds. The van der Waals surface area contributed by atoms with Gasteiger partial charge in [-0.05, 0) is 37.9 Å². The molecule has 1 aromatic rings. The Hall–Kier alpha value is -0.930. The molecule has 0 radical (unpaired) electrons. The molecule has 1 atom stereocenters. The first kappa shape index (κ1) is 16.1. The van der Waals surface area contributed by atoms with Gasteiger partial charge in [-0.2, -0.15) is 0 Å². The number of nitrogens with zero attached hydrogens (tertiary/aromatic N) is 1. The van der Waals surface area contributed by atoms with Crippen molar-refractivity contribution in [3.8, 4) is 0 Å². The van der Waals surface area contributed by atoms with Gasteiger partial charge in [0.1, 0.15) is 5.82 Å². The van der Waals surface area contributed by atoms with E-state index in [-0.39, 0.29) is 5.82 Å². The highest BCUT2D eigenvalue weighted by Crippen LogP contribution is 2.16. The molecule has 0 saturated heterocycles. The lowest BCUT2D eigenvalue weighted by Crippen LogP contribution is -2.33. The molecule has 108 valence electrons. The maximum Gasteiger partial charge on any atom is 0.127 e. The van der Waals surface area contributed by atoms with Crippen LogP contribution in [0, 0.1) is 5.82 Å². The van der Waals surface area contributed by atoms with Gasteiger partial charge in [0.15, 0.2) is 0 Å². The molecule has 1 unspecified atom stereocenters. The van der Waals surface area contributed by atoms with Gasteiger partial charge < -0.3 is 5.73 Å². The summed E-state index contributed by atoms with van der Waals surface area (Å²) in [5.41, 5.74) is 7.39. The minimum Gasteiger partial charge on any atom is -0.326 e. The van der Waals surface area contributed by atoms with E-state index in [1.54, 1.807) is 6.07 Å². The van der Waals surface area contributed by atoms with Crippen molar-refractivity contribution in [2.24, 2.45) is 5.73 Å². The third-order valence-electron chi connectivity index (χ3n) is 3.73. The standard InChI is InChI=1S/C16H27FN2/c1-4-6-9-19(13(3)5-2)12-15-10-14(11-18)7-8-16(15)17/h7-8,10,13H,4-6,9,11-12,18H2,1-3H3. The van der Waals surface area contributed by atoms with Gasteiger partial charge in [0.2, 0.25) is 0 Å². The van der Waals surface area contributed by atoms with Crippen LogP contribution in [0.4, 0.5) is 4.39 Å². The molecule has 0 heterocycles. The zero-order chi connectivity index (χ0) is 14.3. The number of halogens is 1. The molecule has 0 saturated carbocycles. The summed E-state index contributed by atoms with van der Waals surface area (Å²) < 4.78 is 13.9. The molecule has 0 aliphatic rings. The second-order valence-electron chi connectivity index (χ2n) is 5.21. The van der Waals surface area contributed by atoms with Crippen molar-refractivity contribution in [1.29, 1.82) is 0 Å². The molecular formula is C16H27FN2. The fraction of sp³-hybridized carbons (Fsp3) is 0.625. The molecule has 0 aliphatic carbocycles. The van der Waals surface area contributed by atoms with Gasteiger partial charge in [-0.15, -0.1) is 0 Å². The van der Waals surface area contributed by atoms with Crippen LogP contribution in [-0.2, 0) is 13.1 Å². The minimum atomic E-state index is -0.123. The molecule has 1 aromatic carbocycles. The molecule has 0 fully saturated rings. The Bertz CT molecular complexity index is 379. The highest BCUT2D eigenvalue weighted by molar-refractivity contribution is 5.25. The molecule has 0 bridgehead atoms. The van der Waals surface area contributed by atoms with E-state index >= 15 is 0 Å². The molecule has 1 rings (SSSR count). The van der Waals surface area contributed by atoms with Gasteiger partial charge in [0, 0.05) is 24.7 Å². The van der Waals surface area contributed by atoms with Gasteiger partial charge in [-0.25, -0.2) is 4.39 Å². The first-order valence-corrected chi connectivity index (χ1v) is 7.33. The normalized spacial score (nSPS) is 12.9. The van der Waals surface area contributed by atoms with E-state index in [0.717, 1.165) is 36.9 Å². The SMILES string of the molecule is CCCCN(Cc1cc(CN)ccc1F)C(C)CC. The van der Waals surface area contributed by atoms with Crippen LogP contribution in [0.25, 0.3) is 0 Å². The fourth-order valence-corrected chi connectivity index (χ4v) is 2.17. The third kappa shape index (κ3) is 4.92. The summed E-state index contributed by atoms with van der Waals surface area (Å²) in [4.78, 5) is 2.36. The van der Waals surface area contributed by atoms with E-state index in [9.17, 15) is 4.39 Å². The van der Waals surface area contributed by atoms with Crippen LogP contribution in [0.2, 0.25) is 0 Å². The second-order valence-corrected chi connectivity index (χ2v) is 5.21. The van der Waals surface area contributed by atoms with E-state index in [1.165, 1.54) is 6.07 Å². The molecule has 2 N–H and O–H groups in total. The quantitative estimate of drug-likeness (QED) is 0.777. The molecule has 3 heteroatoms. The zero-order valence-corrected chi connectivity index (χ0v) is 12.5. The lowest BCUT2D eigenvalue weighted by molar-refractivity contribution is 0.190. The molecular weight excluding hydrogens is 239 g/mol. The van der Waals surface area contributed by atoms with Crippen molar-refractivity contribution in [1.82, 2.24) is 4.90 Å². The second kappa shape index (κ2) is 8.28. The summed E-state index contributed by atoms with van der Waals surface area (Å²) in [6.07, 6.45) is 3.41. The summed E-state index contributed by atoms with van der Waals surface area (Å²) >= 11 is 0. The number of hydrogen-bond donors (Lipinski definition) is 1. The summed E-state index contributed by atoms with van der Waals surface area (Å²) in [6, 6.07) is 5.67. The van der Waals surface area contributed by atoms with E-state index < -0.39 is 0 Å². The van der Waals surface area contributed by atoms with E-state index in [0.29, 0.717) is 19.1 Å². The average molecular weight is 266 g/mol. The van der Waals surface area contributed by atoms with Crippen LogP contribution in [-0.4, -0.2) is 17.5 Å². The molecule has 0 aromatic heterocycles. The van der Waals surface area contributed by atoms with Gasteiger partial charge in [-0.3, -0.25) is 4.90 Å². The molecule has 2 nitrogen and oxygen atoms in total. The lowest BCUT2D eigenvalue weighted by atomic mass is 10.1. The van der Waals surface area contributed by atoms with Crippen LogP contribution in [0.15, 0.2) is 18.2 Å². The monoisotopic (exact) mass is 266 g/mol. The smallest absolute Gasteiger partial charge is 0.127 e. The molecule has 0 aliphatic heterocycles. The Balaban J connectivity index is 2.82. The van der Waals surface area contributed by atoms with Gasteiger partial charge in [0.05, 0.1) is 0 Å². The fourth-order valence-electron chi connectivity index (χ4n) is 2.17. The largest absolute Gasteiger partial charge is 0.326 e. The number of nitrogens with two attached hydrogens (primary N) is 1. The van der Waals surface area contributed by atoms with Gasteiger partial charge >= 0.3 is 0 Å². The zero-order valence-electron chi connectivity index (χ0n) is 12.5. The topological polar surface area (TPSA) is 29.3 Å². The maximum absolute atomic E-state index is 13.9. The summed E-state index contributed by atoms with van der Waals surface area (Å²) in [7, 11) is 0. The van der Waals surface area contributed by atoms with Crippen molar-refractivity contribution in [3.63, 3.8) is 0 Å². The van der Waals surface area contributed by atoms with E-state index in [2.05, 4.69) is 25.7 Å². The van der Waals surface area contributed by atoms with Gasteiger partial charge in [-0.1, -0.05) is 32.4 Å². The first-order valence-electron chi connectivity index (χ1n) is 7.33. The lowest BCUT2D eigenvalue weighted by Gasteiger charge is -2.28. The van der Waals surface area contributed by atoms with Crippen LogP contribution >= 0.6 is 0 Å². The third-order valence-corrected chi connectivity index (χ3v) is 3.73. The highest BCUT2D eigenvalue weighted by Gasteiger charge is 2.14. The van der Waals surface area contributed by atoms with Gasteiger partial charge in [0.25, 0.3) is 0 Å². The summed E-state index contributed by atoms with van der Waals surface area (Å²) in [6.45, 7) is 8.74. The highest BCUT2D eigenvalue weighted by atomic mass is 19.1. The predicted octanol–water partition coefficient (Wildman–Crippen LogP) is 3.69.